The molecule has 2 rings (SSSR count). The Hall–Kier alpha value is -0.410. The fourth-order valence-corrected chi connectivity index (χ4v) is 3.25. The predicted molar refractivity (Wildman–Crippen MR) is 113 cm³/mol. The van der Waals surface area contributed by atoms with Crippen LogP contribution in [0.3, 0.4) is 0 Å². The van der Waals surface area contributed by atoms with Crippen molar-refractivity contribution in [2.45, 2.75) is 39.4 Å². The Balaban J connectivity index is 0.00000288. The Morgan fingerprint density at radius 3 is 2.71 bits per heavy atom. The van der Waals surface area contributed by atoms with Gasteiger partial charge < -0.3 is 10.6 Å². The number of rotatable bonds is 4. The largest absolute Gasteiger partial charge is 0.352 e. The summed E-state index contributed by atoms with van der Waals surface area (Å²) in [4.78, 5) is 6.73. The third-order valence-corrected chi connectivity index (χ3v) is 4.86. The van der Waals surface area contributed by atoms with Crippen LogP contribution in [0.5, 0.6) is 0 Å². The molecule has 0 saturated carbocycles. The molecule has 2 unspecified atom stereocenters. The van der Waals surface area contributed by atoms with Crippen molar-refractivity contribution in [3.63, 3.8) is 0 Å². The smallest absolute Gasteiger partial charge is 0.191 e. The van der Waals surface area contributed by atoms with Crippen molar-refractivity contribution < 1.29 is 4.39 Å². The second-order valence-electron chi connectivity index (χ2n) is 6.44. The average molecular weight is 513 g/mol. The van der Waals surface area contributed by atoms with E-state index in [9.17, 15) is 4.39 Å². The summed E-state index contributed by atoms with van der Waals surface area (Å²) >= 11 is 3.37. The zero-order valence-electron chi connectivity index (χ0n) is 14.6. The topological polar surface area (TPSA) is 39.7 Å². The number of guanidine groups is 1. The molecule has 0 aliphatic carbocycles. The van der Waals surface area contributed by atoms with Crippen LogP contribution in [-0.2, 0) is 6.54 Å². The van der Waals surface area contributed by atoms with Crippen LogP contribution in [0.2, 0.25) is 0 Å². The lowest BCUT2D eigenvalue weighted by Crippen LogP contribution is -2.46. The SMILES string of the molecule is CN=C(NCc1cc(Br)ccc1F)NC1CN(C(C)C)CC1C.I. The van der Waals surface area contributed by atoms with Crippen LogP contribution < -0.4 is 10.6 Å². The molecule has 4 nitrogen and oxygen atoms in total. The first kappa shape index (κ1) is 21.6. The average Bonchev–Trinajstić information content (AvgIpc) is 2.88. The Morgan fingerprint density at radius 1 is 1.42 bits per heavy atom. The van der Waals surface area contributed by atoms with Gasteiger partial charge in [0.1, 0.15) is 5.82 Å². The van der Waals surface area contributed by atoms with Gasteiger partial charge in [-0.2, -0.15) is 0 Å². The number of nitrogens with one attached hydrogen (secondary N) is 2. The number of benzene rings is 1. The van der Waals surface area contributed by atoms with Crippen molar-refractivity contribution in [1.29, 1.82) is 0 Å². The number of likely N-dealkylation sites (tertiary alicyclic amines) is 1. The third kappa shape index (κ3) is 5.84. The van der Waals surface area contributed by atoms with E-state index in [0.717, 1.165) is 17.6 Å². The van der Waals surface area contributed by atoms with Crippen molar-refractivity contribution in [2.24, 2.45) is 10.9 Å². The molecule has 0 radical (unpaired) electrons. The molecule has 1 aliphatic rings. The van der Waals surface area contributed by atoms with E-state index < -0.39 is 0 Å². The maximum absolute atomic E-state index is 13.8. The lowest BCUT2D eigenvalue weighted by atomic mass is 10.1. The van der Waals surface area contributed by atoms with Crippen molar-refractivity contribution in [3.8, 4) is 0 Å². The van der Waals surface area contributed by atoms with E-state index in [0.29, 0.717) is 36.1 Å². The molecule has 0 spiro atoms. The van der Waals surface area contributed by atoms with Crippen LogP contribution in [0.4, 0.5) is 4.39 Å². The number of hydrogen-bond acceptors (Lipinski definition) is 2. The molecule has 2 N–H and O–H groups in total. The van der Waals surface area contributed by atoms with Gasteiger partial charge in [-0.3, -0.25) is 9.89 Å². The molecule has 1 fully saturated rings. The van der Waals surface area contributed by atoms with E-state index >= 15 is 0 Å². The molecule has 1 aromatic carbocycles. The molecule has 1 saturated heterocycles. The maximum atomic E-state index is 13.8. The third-order valence-electron chi connectivity index (χ3n) is 4.37. The quantitative estimate of drug-likeness (QED) is 0.368. The van der Waals surface area contributed by atoms with Gasteiger partial charge in [-0.1, -0.05) is 22.9 Å². The number of halogens is 3. The number of hydrogen-bond donors (Lipinski definition) is 2. The molecule has 7 heteroatoms. The maximum Gasteiger partial charge on any atom is 0.191 e. The fourth-order valence-electron chi connectivity index (χ4n) is 2.84. The minimum atomic E-state index is -0.212. The zero-order valence-corrected chi connectivity index (χ0v) is 18.6. The summed E-state index contributed by atoms with van der Waals surface area (Å²) in [5.74, 6) is 1.06. The van der Waals surface area contributed by atoms with Crippen LogP contribution in [0.1, 0.15) is 26.3 Å². The molecule has 1 heterocycles. The first-order valence-corrected chi connectivity index (χ1v) is 8.85. The molecule has 0 amide bonds. The monoisotopic (exact) mass is 512 g/mol. The van der Waals surface area contributed by atoms with Crippen LogP contribution >= 0.6 is 39.9 Å². The van der Waals surface area contributed by atoms with Crippen LogP contribution in [0, 0.1) is 11.7 Å². The molecule has 1 aromatic rings. The molecule has 0 aromatic heterocycles. The van der Waals surface area contributed by atoms with Gasteiger partial charge in [0.2, 0.25) is 0 Å². The lowest BCUT2D eigenvalue weighted by molar-refractivity contribution is 0.265. The summed E-state index contributed by atoms with van der Waals surface area (Å²) in [6.07, 6.45) is 0. The van der Waals surface area contributed by atoms with Crippen molar-refractivity contribution in [2.75, 3.05) is 20.1 Å². The number of aliphatic imine (C=N–C) groups is 1. The summed E-state index contributed by atoms with van der Waals surface area (Å²) in [7, 11) is 1.74. The molecule has 1 aliphatic heterocycles. The Labute approximate surface area is 169 Å². The molecular formula is C17H27BrFIN4. The lowest BCUT2D eigenvalue weighted by Gasteiger charge is -2.22. The van der Waals surface area contributed by atoms with Crippen molar-refractivity contribution >= 4 is 45.9 Å². The van der Waals surface area contributed by atoms with Gasteiger partial charge >= 0.3 is 0 Å². The summed E-state index contributed by atoms with van der Waals surface area (Å²) in [6.45, 7) is 9.19. The summed E-state index contributed by atoms with van der Waals surface area (Å²) in [5.41, 5.74) is 0.616. The van der Waals surface area contributed by atoms with Crippen molar-refractivity contribution in [1.82, 2.24) is 15.5 Å². The minimum absolute atomic E-state index is 0. The highest BCUT2D eigenvalue weighted by Gasteiger charge is 2.31. The van der Waals surface area contributed by atoms with E-state index in [1.54, 1.807) is 19.2 Å². The van der Waals surface area contributed by atoms with E-state index in [-0.39, 0.29) is 29.8 Å². The van der Waals surface area contributed by atoms with Gasteiger partial charge in [0, 0.05) is 48.8 Å². The first-order valence-electron chi connectivity index (χ1n) is 8.06. The first-order chi connectivity index (χ1) is 10.9. The predicted octanol–water partition coefficient (Wildman–Crippen LogP) is 3.60. The van der Waals surface area contributed by atoms with Gasteiger partial charge in [-0.05, 0) is 38.0 Å². The van der Waals surface area contributed by atoms with E-state index in [4.69, 9.17) is 0 Å². The highest BCUT2D eigenvalue weighted by Crippen LogP contribution is 2.19. The summed E-state index contributed by atoms with van der Waals surface area (Å²) in [6, 6.07) is 5.86. The molecule has 136 valence electrons. The van der Waals surface area contributed by atoms with E-state index in [2.05, 4.69) is 57.2 Å². The van der Waals surface area contributed by atoms with Gasteiger partial charge in [-0.15, -0.1) is 24.0 Å². The van der Waals surface area contributed by atoms with Crippen LogP contribution in [0.15, 0.2) is 27.7 Å². The van der Waals surface area contributed by atoms with Gasteiger partial charge in [0.25, 0.3) is 0 Å². The van der Waals surface area contributed by atoms with Crippen LogP contribution in [-0.4, -0.2) is 43.1 Å². The second-order valence-corrected chi connectivity index (χ2v) is 7.35. The number of nitrogens with zero attached hydrogens (tertiary/aromatic N) is 2. The second kappa shape index (κ2) is 9.91. The minimum Gasteiger partial charge on any atom is -0.352 e. The van der Waals surface area contributed by atoms with Gasteiger partial charge in [0.05, 0.1) is 0 Å². The summed E-state index contributed by atoms with van der Waals surface area (Å²) < 4.78 is 14.7. The van der Waals surface area contributed by atoms with E-state index in [1.165, 1.54) is 6.07 Å². The highest BCUT2D eigenvalue weighted by atomic mass is 127. The Kier molecular flexibility index (Phi) is 8.94. The van der Waals surface area contributed by atoms with Gasteiger partial charge in [-0.25, -0.2) is 4.39 Å². The molecule has 2 atom stereocenters. The fraction of sp³-hybridized carbons (Fsp3) is 0.588. The van der Waals surface area contributed by atoms with Crippen molar-refractivity contribution in [3.05, 3.63) is 34.1 Å². The Morgan fingerprint density at radius 2 is 2.12 bits per heavy atom. The highest BCUT2D eigenvalue weighted by molar-refractivity contribution is 14.0. The molecule has 0 bridgehead atoms. The van der Waals surface area contributed by atoms with Crippen LogP contribution in [0.25, 0.3) is 0 Å². The van der Waals surface area contributed by atoms with Gasteiger partial charge in [0.15, 0.2) is 5.96 Å². The normalized spacial score (nSPS) is 21.7. The molecule has 24 heavy (non-hydrogen) atoms. The van der Waals surface area contributed by atoms with E-state index in [1.807, 2.05) is 0 Å². The standard InChI is InChI=1S/C17H26BrFN4.HI/c1-11(2)23-9-12(3)16(10-23)22-17(20-4)21-8-13-7-14(18)5-6-15(13)19;/h5-7,11-12,16H,8-10H2,1-4H3,(H2,20,21,22);1H. The Bertz CT molecular complexity index is 568. The zero-order chi connectivity index (χ0) is 17.0. The summed E-state index contributed by atoms with van der Waals surface area (Å²) in [5, 5.41) is 6.67. The molecular weight excluding hydrogens is 486 g/mol.